The van der Waals surface area contributed by atoms with Crippen LogP contribution in [0.2, 0.25) is 0 Å². The van der Waals surface area contributed by atoms with Crippen molar-refractivity contribution in [1.82, 2.24) is 0 Å². The Kier molecular flexibility index (Phi) is 4.51. The molecule has 0 heterocycles. The highest BCUT2D eigenvalue weighted by atomic mass is 79.9. The van der Waals surface area contributed by atoms with E-state index in [-0.39, 0.29) is 12.4 Å². The van der Waals surface area contributed by atoms with Gasteiger partial charge in [-0.3, -0.25) is 4.79 Å². The predicted octanol–water partition coefficient (Wildman–Crippen LogP) is 2.60. The molecular weight excluding hydrogens is 270 g/mol. The first kappa shape index (κ1) is 12.7. The summed E-state index contributed by atoms with van der Waals surface area (Å²) in [7, 11) is 1.34. The monoisotopic (exact) mass is 281 g/mol. The third-order valence-corrected chi connectivity index (χ3v) is 3.27. The number of hydrogen-bond donors (Lipinski definition) is 0. The van der Waals surface area contributed by atoms with Crippen LogP contribution in [0.3, 0.4) is 0 Å². The van der Waals surface area contributed by atoms with Crippen LogP contribution in [-0.2, 0) is 22.4 Å². The number of rotatable bonds is 3. The fourth-order valence-corrected chi connectivity index (χ4v) is 2.18. The number of aryl methyl sites for hydroxylation is 1. The van der Waals surface area contributed by atoms with Crippen LogP contribution >= 0.6 is 15.9 Å². The minimum absolute atomic E-state index is 0.127. The molecule has 1 aromatic rings. The predicted molar refractivity (Wildman–Crippen MR) is 64.0 cm³/mol. The molecule has 84 valence electrons. The Morgan fingerprint density at radius 3 is 2.62 bits per heavy atom. The Morgan fingerprint density at radius 1 is 1.50 bits per heavy atom. The fourth-order valence-electron chi connectivity index (χ4n) is 1.43. The minimum atomic E-state index is -0.340. The number of esters is 1. The summed E-state index contributed by atoms with van der Waals surface area (Å²) < 4.78 is 5.36. The summed E-state index contributed by atoms with van der Waals surface area (Å²) in [4.78, 5) is 11.2. The second kappa shape index (κ2) is 5.66. The van der Waals surface area contributed by atoms with E-state index in [1.807, 2.05) is 13.0 Å². The topological polar surface area (TPSA) is 50.1 Å². The summed E-state index contributed by atoms with van der Waals surface area (Å²) in [5.41, 5.74) is 2.27. The number of ether oxygens (including phenoxy) is 1. The molecule has 16 heavy (non-hydrogen) atoms. The molecular formula is C12H12BrNO2. The Morgan fingerprint density at radius 2 is 2.12 bits per heavy atom. The van der Waals surface area contributed by atoms with E-state index in [9.17, 15) is 4.79 Å². The molecule has 0 aliphatic heterocycles. The van der Waals surface area contributed by atoms with Crippen molar-refractivity contribution in [2.24, 2.45) is 0 Å². The van der Waals surface area contributed by atoms with Crippen LogP contribution in [-0.4, -0.2) is 13.1 Å². The van der Waals surface area contributed by atoms with Gasteiger partial charge in [0.25, 0.3) is 0 Å². The Labute approximate surface area is 103 Å². The highest BCUT2D eigenvalue weighted by Crippen LogP contribution is 2.25. The molecule has 4 heteroatoms. The zero-order chi connectivity index (χ0) is 12.1. The zero-order valence-electron chi connectivity index (χ0n) is 9.21. The first-order chi connectivity index (χ1) is 7.63. The minimum Gasteiger partial charge on any atom is -0.469 e. The fraction of sp³-hybridized carbons (Fsp3) is 0.333. The largest absolute Gasteiger partial charge is 0.469 e. The molecule has 0 aliphatic carbocycles. The van der Waals surface area contributed by atoms with E-state index < -0.39 is 0 Å². The summed E-state index contributed by atoms with van der Waals surface area (Å²) in [6, 6.07) is 5.84. The van der Waals surface area contributed by atoms with Crippen LogP contribution in [0, 0.1) is 11.3 Å². The standard InChI is InChI=1S/C12H12BrNO2/c1-3-8-4-5-9(6-11(15)16-2)10(7-14)12(8)13/h4-5H,3,6H2,1-2H3. The molecule has 0 aliphatic rings. The molecule has 0 bridgehead atoms. The van der Waals surface area contributed by atoms with E-state index in [0.717, 1.165) is 16.5 Å². The lowest BCUT2D eigenvalue weighted by atomic mass is 10.0. The lowest BCUT2D eigenvalue weighted by Crippen LogP contribution is -2.07. The van der Waals surface area contributed by atoms with Crippen molar-refractivity contribution in [3.63, 3.8) is 0 Å². The summed E-state index contributed by atoms with van der Waals surface area (Å²) in [6.45, 7) is 2.02. The van der Waals surface area contributed by atoms with Crippen LogP contribution in [0.25, 0.3) is 0 Å². The van der Waals surface area contributed by atoms with Crippen molar-refractivity contribution in [2.45, 2.75) is 19.8 Å². The molecule has 0 saturated carbocycles. The van der Waals surface area contributed by atoms with E-state index >= 15 is 0 Å². The Balaban J connectivity index is 3.17. The van der Waals surface area contributed by atoms with Crippen molar-refractivity contribution in [1.29, 1.82) is 5.26 Å². The van der Waals surface area contributed by atoms with Gasteiger partial charge in [0.1, 0.15) is 6.07 Å². The Hall–Kier alpha value is -1.34. The summed E-state index contributed by atoms with van der Waals surface area (Å²) >= 11 is 3.39. The van der Waals surface area contributed by atoms with Crippen LogP contribution in [0.5, 0.6) is 0 Å². The van der Waals surface area contributed by atoms with Gasteiger partial charge in [0.05, 0.1) is 19.1 Å². The van der Waals surface area contributed by atoms with Gasteiger partial charge in [-0.2, -0.15) is 5.26 Å². The van der Waals surface area contributed by atoms with E-state index in [1.54, 1.807) is 6.07 Å². The average Bonchev–Trinajstić information content (AvgIpc) is 2.29. The molecule has 3 nitrogen and oxygen atoms in total. The maximum absolute atomic E-state index is 11.2. The van der Waals surface area contributed by atoms with Gasteiger partial charge in [0, 0.05) is 4.47 Å². The van der Waals surface area contributed by atoms with E-state index in [4.69, 9.17) is 5.26 Å². The molecule has 1 rings (SSSR count). The molecule has 0 fully saturated rings. The summed E-state index contributed by atoms with van der Waals surface area (Å²) in [5.74, 6) is -0.340. The second-order valence-corrected chi connectivity index (χ2v) is 4.08. The SMILES string of the molecule is CCc1ccc(CC(=O)OC)c(C#N)c1Br. The van der Waals surface area contributed by atoms with Crippen molar-refractivity contribution < 1.29 is 9.53 Å². The van der Waals surface area contributed by atoms with Gasteiger partial charge in [-0.25, -0.2) is 0 Å². The van der Waals surface area contributed by atoms with Gasteiger partial charge >= 0.3 is 5.97 Å². The van der Waals surface area contributed by atoms with Gasteiger partial charge in [0.2, 0.25) is 0 Å². The van der Waals surface area contributed by atoms with Crippen LogP contribution < -0.4 is 0 Å². The first-order valence-corrected chi connectivity index (χ1v) is 5.70. The van der Waals surface area contributed by atoms with Crippen molar-refractivity contribution >= 4 is 21.9 Å². The zero-order valence-corrected chi connectivity index (χ0v) is 10.8. The number of nitriles is 1. The van der Waals surface area contributed by atoms with Gasteiger partial charge in [0.15, 0.2) is 0 Å². The molecule has 0 radical (unpaired) electrons. The first-order valence-electron chi connectivity index (χ1n) is 4.91. The van der Waals surface area contributed by atoms with E-state index in [1.165, 1.54) is 7.11 Å². The number of methoxy groups -OCH3 is 1. The molecule has 0 saturated heterocycles. The maximum atomic E-state index is 11.2. The van der Waals surface area contributed by atoms with Crippen molar-refractivity contribution in [3.05, 3.63) is 33.3 Å². The third kappa shape index (κ3) is 2.61. The van der Waals surface area contributed by atoms with Gasteiger partial charge in [-0.15, -0.1) is 0 Å². The smallest absolute Gasteiger partial charge is 0.310 e. The average molecular weight is 282 g/mol. The lowest BCUT2D eigenvalue weighted by molar-refractivity contribution is -0.139. The van der Waals surface area contributed by atoms with E-state index in [0.29, 0.717) is 11.1 Å². The molecule has 0 spiro atoms. The number of benzene rings is 1. The quantitative estimate of drug-likeness (QED) is 0.801. The lowest BCUT2D eigenvalue weighted by Gasteiger charge is -2.08. The Bertz CT molecular complexity index is 449. The molecule has 0 aromatic heterocycles. The maximum Gasteiger partial charge on any atom is 0.310 e. The molecule has 0 N–H and O–H groups in total. The number of carbonyl (C=O) groups is 1. The van der Waals surface area contributed by atoms with Gasteiger partial charge in [-0.1, -0.05) is 19.1 Å². The highest BCUT2D eigenvalue weighted by molar-refractivity contribution is 9.10. The van der Waals surface area contributed by atoms with Crippen LogP contribution in [0.1, 0.15) is 23.6 Å². The van der Waals surface area contributed by atoms with E-state index in [2.05, 4.69) is 26.7 Å². The van der Waals surface area contributed by atoms with Gasteiger partial charge in [-0.05, 0) is 33.5 Å². The number of carbonyl (C=O) groups excluding carboxylic acids is 1. The molecule has 0 unspecified atom stereocenters. The number of nitrogens with zero attached hydrogens (tertiary/aromatic N) is 1. The van der Waals surface area contributed by atoms with Gasteiger partial charge < -0.3 is 4.74 Å². The molecule has 0 amide bonds. The molecule has 0 atom stereocenters. The third-order valence-electron chi connectivity index (χ3n) is 2.36. The van der Waals surface area contributed by atoms with Crippen molar-refractivity contribution in [3.8, 4) is 6.07 Å². The van der Waals surface area contributed by atoms with Crippen LogP contribution in [0.4, 0.5) is 0 Å². The number of halogens is 1. The summed E-state index contributed by atoms with van der Waals surface area (Å²) in [5, 5.41) is 9.07. The normalized spacial score (nSPS) is 9.62. The second-order valence-electron chi connectivity index (χ2n) is 3.29. The molecule has 1 aromatic carbocycles. The van der Waals surface area contributed by atoms with Crippen LogP contribution in [0.15, 0.2) is 16.6 Å². The highest BCUT2D eigenvalue weighted by Gasteiger charge is 2.13. The summed E-state index contributed by atoms with van der Waals surface area (Å²) in [6.07, 6.45) is 0.968. The number of hydrogen-bond acceptors (Lipinski definition) is 3. The van der Waals surface area contributed by atoms with Crippen molar-refractivity contribution in [2.75, 3.05) is 7.11 Å².